The molecular formula is C19H19N3O5S. The number of aromatic nitrogens is 2. The Morgan fingerprint density at radius 3 is 2.68 bits per heavy atom. The third-order valence-electron chi connectivity index (χ3n) is 3.80. The van der Waals surface area contributed by atoms with Crippen LogP contribution in [0.15, 0.2) is 46.2 Å². The molecule has 1 N–H and O–H groups in total. The number of aromatic hydroxyl groups is 1. The zero-order chi connectivity index (χ0) is 19.9. The standard InChI is InChI=1S/C19H19N3O5S/c1-2-9-22(11-16-20-21-18(27-16)15-4-3-10-28-15)17(24)12-26-19(25)13-5-7-14(23)8-6-13/h3-8,10,23H,2,9,11-12H2,1H3. The highest BCUT2D eigenvalue weighted by molar-refractivity contribution is 7.13. The molecule has 0 saturated heterocycles. The summed E-state index contributed by atoms with van der Waals surface area (Å²) in [5.74, 6) is -0.224. The molecule has 146 valence electrons. The van der Waals surface area contributed by atoms with E-state index in [1.165, 1.54) is 40.5 Å². The number of carbonyl (C=O) groups excluding carboxylic acids is 2. The number of thiophene rings is 1. The molecule has 3 rings (SSSR count). The third-order valence-corrected chi connectivity index (χ3v) is 4.66. The third kappa shape index (κ3) is 4.95. The van der Waals surface area contributed by atoms with Crippen molar-refractivity contribution in [3.63, 3.8) is 0 Å². The molecule has 28 heavy (non-hydrogen) atoms. The van der Waals surface area contributed by atoms with Crippen LogP contribution in [-0.2, 0) is 16.1 Å². The van der Waals surface area contributed by atoms with Crippen molar-refractivity contribution < 1.29 is 23.8 Å². The SMILES string of the molecule is CCCN(Cc1nnc(-c2cccs2)o1)C(=O)COC(=O)c1ccc(O)cc1. The van der Waals surface area contributed by atoms with Crippen LogP contribution in [-0.4, -0.2) is 45.2 Å². The minimum atomic E-state index is -0.637. The van der Waals surface area contributed by atoms with Gasteiger partial charge < -0.3 is 19.2 Å². The van der Waals surface area contributed by atoms with Crippen LogP contribution < -0.4 is 0 Å². The minimum absolute atomic E-state index is 0.0447. The normalized spacial score (nSPS) is 10.6. The van der Waals surface area contributed by atoms with E-state index >= 15 is 0 Å². The van der Waals surface area contributed by atoms with E-state index in [9.17, 15) is 14.7 Å². The first-order valence-corrected chi connectivity index (χ1v) is 9.55. The molecule has 8 nitrogen and oxygen atoms in total. The van der Waals surface area contributed by atoms with Gasteiger partial charge in [0.2, 0.25) is 5.89 Å². The van der Waals surface area contributed by atoms with Gasteiger partial charge in [0, 0.05) is 6.54 Å². The molecule has 1 amide bonds. The summed E-state index contributed by atoms with van der Waals surface area (Å²) in [5, 5.41) is 19.2. The molecule has 0 radical (unpaired) electrons. The number of hydrogen-bond acceptors (Lipinski definition) is 8. The van der Waals surface area contributed by atoms with Crippen molar-refractivity contribution in [2.75, 3.05) is 13.2 Å². The number of ether oxygens (including phenoxy) is 1. The number of nitrogens with zero attached hydrogens (tertiary/aromatic N) is 3. The Labute approximate surface area is 165 Å². The zero-order valence-corrected chi connectivity index (χ0v) is 16.0. The van der Waals surface area contributed by atoms with Crippen LogP contribution in [0.4, 0.5) is 0 Å². The molecule has 0 aliphatic carbocycles. The van der Waals surface area contributed by atoms with Gasteiger partial charge in [-0.25, -0.2) is 4.79 Å². The average molecular weight is 401 g/mol. The number of benzene rings is 1. The minimum Gasteiger partial charge on any atom is -0.508 e. The second kappa shape index (κ2) is 9.14. The number of rotatable bonds is 8. The van der Waals surface area contributed by atoms with E-state index in [1.807, 2.05) is 24.4 Å². The molecule has 0 spiro atoms. The topological polar surface area (TPSA) is 106 Å². The van der Waals surface area contributed by atoms with E-state index in [0.29, 0.717) is 18.3 Å². The van der Waals surface area contributed by atoms with Crippen LogP contribution >= 0.6 is 11.3 Å². The highest BCUT2D eigenvalue weighted by atomic mass is 32.1. The first-order chi connectivity index (χ1) is 13.6. The highest BCUT2D eigenvalue weighted by Crippen LogP contribution is 2.23. The summed E-state index contributed by atoms with van der Waals surface area (Å²) in [6.07, 6.45) is 0.726. The summed E-state index contributed by atoms with van der Waals surface area (Å²) in [7, 11) is 0. The molecule has 0 bridgehead atoms. The summed E-state index contributed by atoms with van der Waals surface area (Å²) in [4.78, 5) is 26.9. The second-order valence-electron chi connectivity index (χ2n) is 5.92. The lowest BCUT2D eigenvalue weighted by molar-refractivity contribution is -0.135. The van der Waals surface area contributed by atoms with Crippen molar-refractivity contribution in [1.82, 2.24) is 15.1 Å². The van der Waals surface area contributed by atoms with Crippen LogP contribution in [0.3, 0.4) is 0 Å². The number of phenolic OH excluding ortho intramolecular Hbond substituents is 1. The number of amides is 1. The zero-order valence-electron chi connectivity index (χ0n) is 15.2. The van der Waals surface area contributed by atoms with Crippen molar-refractivity contribution in [2.45, 2.75) is 19.9 Å². The summed E-state index contributed by atoms with van der Waals surface area (Å²) in [5.41, 5.74) is 0.255. The molecular weight excluding hydrogens is 382 g/mol. The first-order valence-electron chi connectivity index (χ1n) is 8.67. The van der Waals surface area contributed by atoms with E-state index in [4.69, 9.17) is 9.15 Å². The lowest BCUT2D eigenvalue weighted by Gasteiger charge is -2.20. The maximum atomic E-state index is 12.5. The Bertz CT molecular complexity index is 921. The van der Waals surface area contributed by atoms with Gasteiger partial charge in [-0.1, -0.05) is 13.0 Å². The number of esters is 1. The highest BCUT2D eigenvalue weighted by Gasteiger charge is 2.19. The predicted octanol–water partition coefficient (Wildman–Crippen LogP) is 3.10. The van der Waals surface area contributed by atoms with Gasteiger partial charge in [-0.3, -0.25) is 4.79 Å². The van der Waals surface area contributed by atoms with Gasteiger partial charge in [0.15, 0.2) is 6.61 Å². The molecule has 0 saturated carbocycles. The van der Waals surface area contributed by atoms with Crippen LogP contribution in [0.2, 0.25) is 0 Å². The summed E-state index contributed by atoms with van der Waals surface area (Å²) in [6.45, 7) is 2.15. The molecule has 0 aliphatic heterocycles. The fourth-order valence-electron chi connectivity index (χ4n) is 2.44. The van der Waals surface area contributed by atoms with Crippen LogP contribution in [0, 0.1) is 0 Å². The quantitative estimate of drug-likeness (QED) is 0.578. The smallest absolute Gasteiger partial charge is 0.338 e. The summed E-state index contributed by atoms with van der Waals surface area (Å²) >= 11 is 1.48. The Balaban J connectivity index is 1.59. The maximum Gasteiger partial charge on any atom is 0.338 e. The number of hydrogen-bond donors (Lipinski definition) is 1. The molecule has 0 atom stereocenters. The molecule has 9 heteroatoms. The van der Waals surface area contributed by atoms with Gasteiger partial charge in [0.1, 0.15) is 5.75 Å². The first kappa shape index (κ1) is 19.6. The fourth-order valence-corrected chi connectivity index (χ4v) is 3.09. The molecule has 0 unspecified atom stereocenters. The van der Waals surface area contributed by atoms with E-state index in [1.54, 1.807) is 0 Å². The lowest BCUT2D eigenvalue weighted by atomic mass is 10.2. The molecule has 0 fully saturated rings. The predicted molar refractivity (Wildman–Crippen MR) is 102 cm³/mol. The van der Waals surface area contributed by atoms with Gasteiger partial charge in [-0.05, 0) is 42.1 Å². The van der Waals surface area contributed by atoms with Crippen LogP contribution in [0.25, 0.3) is 10.8 Å². The van der Waals surface area contributed by atoms with E-state index < -0.39 is 12.6 Å². The molecule has 1 aromatic carbocycles. The fraction of sp³-hybridized carbons (Fsp3) is 0.263. The largest absolute Gasteiger partial charge is 0.508 e. The van der Waals surface area contributed by atoms with E-state index in [0.717, 1.165) is 11.3 Å². The van der Waals surface area contributed by atoms with Gasteiger partial charge in [-0.2, -0.15) is 0 Å². The average Bonchev–Trinajstić information content (AvgIpc) is 3.37. The van der Waals surface area contributed by atoms with Crippen molar-refractivity contribution in [2.24, 2.45) is 0 Å². The lowest BCUT2D eigenvalue weighted by Crippen LogP contribution is -2.35. The maximum absolute atomic E-state index is 12.5. The Morgan fingerprint density at radius 1 is 1.21 bits per heavy atom. The Hall–Kier alpha value is -3.20. The van der Waals surface area contributed by atoms with Crippen molar-refractivity contribution in [3.8, 4) is 16.5 Å². The van der Waals surface area contributed by atoms with Crippen molar-refractivity contribution in [1.29, 1.82) is 0 Å². The van der Waals surface area contributed by atoms with E-state index in [2.05, 4.69) is 10.2 Å². The van der Waals surface area contributed by atoms with Crippen molar-refractivity contribution >= 4 is 23.2 Å². The van der Waals surface area contributed by atoms with Gasteiger partial charge in [0.25, 0.3) is 11.8 Å². The second-order valence-corrected chi connectivity index (χ2v) is 6.86. The monoisotopic (exact) mass is 401 g/mol. The van der Waals surface area contributed by atoms with E-state index in [-0.39, 0.29) is 23.8 Å². The summed E-state index contributed by atoms with van der Waals surface area (Å²) in [6, 6.07) is 9.37. The van der Waals surface area contributed by atoms with Gasteiger partial charge >= 0.3 is 5.97 Å². The molecule has 0 aliphatic rings. The molecule has 3 aromatic rings. The molecule has 2 aromatic heterocycles. The molecule has 2 heterocycles. The number of phenols is 1. The van der Waals surface area contributed by atoms with Crippen LogP contribution in [0.5, 0.6) is 5.75 Å². The Kier molecular flexibility index (Phi) is 6.38. The number of carbonyl (C=O) groups is 2. The Morgan fingerprint density at radius 2 is 2.00 bits per heavy atom. The van der Waals surface area contributed by atoms with Gasteiger partial charge in [0.05, 0.1) is 17.0 Å². The summed E-state index contributed by atoms with van der Waals surface area (Å²) < 4.78 is 10.7. The van der Waals surface area contributed by atoms with Crippen LogP contribution in [0.1, 0.15) is 29.6 Å². The van der Waals surface area contributed by atoms with Gasteiger partial charge in [-0.15, -0.1) is 21.5 Å². The van der Waals surface area contributed by atoms with Crippen molar-refractivity contribution in [3.05, 3.63) is 53.2 Å².